The highest BCUT2D eigenvalue weighted by molar-refractivity contribution is 14.1. The Bertz CT molecular complexity index is 2200. The first-order chi connectivity index (χ1) is 23.1. The fourth-order valence-electron chi connectivity index (χ4n) is 5.54. The molecule has 0 radical (unpaired) electrons. The number of hydrogen-bond acceptors (Lipinski definition) is 6. The number of esters is 1. The molecule has 0 unspecified atom stereocenters. The number of halogens is 3. The molecule has 4 aromatic carbocycles. The molecule has 0 amide bonds. The van der Waals surface area contributed by atoms with Crippen molar-refractivity contribution in [2.75, 3.05) is 6.61 Å². The van der Waals surface area contributed by atoms with Gasteiger partial charge < -0.3 is 9.47 Å². The number of benzene rings is 4. The topological polar surface area (TPSA) is 69.9 Å². The molecule has 0 N–H and O–H groups in total. The zero-order valence-electron chi connectivity index (χ0n) is 26.4. The number of ether oxygens (including phenoxy) is 2. The second-order valence-corrected chi connectivity index (χ2v) is 15.0. The van der Waals surface area contributed by atoms with E-state index in [9.17, 15) is 9.59 Å². The molecule has 6 nitrogen and oxygen atoms in total. The van der Waals surface area contributed by atoms with Crippen LogP contribution in [0.4, 0.5) is 0 Å². The molecule has 1 aliphatic rings. The van der Waals surface area contributed by atoms with Gasteiger partial charge in [0.15, 0.2) is 4.80 Å². The maximum atomic E-state index is 14.5. The third-order valence-electron chi connectivity index (χ3n) is 7.91. The first kappa shape index (κ1) is 34.4. The zero-order valence-corrected chi connectivity index (χ0v) is 31.7. The van der Waals surface area contributed by atoms with Crippen LogP contribution in [-0.4, -0.2) is 17.1 Å². The summed E-state index contributed by atoms with van der Waals surface area (Å²) in [5.41, 5.74) is 4.97. The van der Waals surface area contributed by atoms with Gasteiger partial charge in [0.05, 0.1) is 32.0 Å². The Morgan fingerprint density at radius 2 is 1.77 bits per heavy atom. The highest BCUT2D eigenvalue weighted by atomic mass is 127. The molecule has 6 rings (SSSR count). The van der Waals surface area contributed by atoms with Crippen LogP contribution in [0.1, 0.15) is 60.5 Å². The van der Waals surface area contributed by atoms with Crippen LogP contribution in [0.2, 0.25) is 5.02 Å². The highest BCUT2D eigenvalue weighted by Crippen LogP contribution is 2.36. The Hall–Kier alpha value is -3.51. The van der Waals surface area contributed by atoms with Gasteiger partial charge in [-0.3, -0.25) is 9.36 Å². The lowest BCUT2D eigenvalue weighted by molar-refractivity contribution is -0.138. The fourth-order valence-corrected chi connectivity index (χ4v) is 8.36. The Morgan fingerprint density at radius 3 is 2.44 bits per heavy atom. The van der Waals surface area contributed by atoms with E-state index in [-0.39, 0.29) is 12.2 Å². The van der Waals surface area contributed by atoms with Crippen LogP contribution < -0.4 is 19.6 Å². The summed E-state index contributed by atoms with van der Waals surface area (Å²) < 4.78 is 15.8. The summed E-state index contributed by atoms with van der Waals surface area (Å²) in [7, 11) is 0. The average Bonchev–Trinajstić information content (AvgIpc) is 3.38. The van der Waals surface area contributed by atoms with E-state index < -0.39 is 12.0 Å². The predicted octanol–water partition coefficient (Wildman–Crippen LogP) is 8.66. The van der Waals surface area contributed by atoms with Gasteiger partial charge in [0.2, 0.25) is 0 Å². The molecule has 10 heteroatoms. The van der Waals surface area contributed by atoms with E-state index >= 15 is 0 Å². The predicted molar refractivity (Wildman–Crippen MR) is 204 cm³/mol. The number of aromatic nitrogens is 1. The molecule has 0 fully saturated rings. The largest absolute Gasteiger partial charge is 0.487 e. The molecule has 5 aromatic rings. The smallest absolute Gasteiger partial charge is 0.338 e. The Balaban J connectivity index is 1.55. The molecular weight excluding hydrogens is 823 g/mol. The molecule has 2 heterocycles. The maximum absolute atomic E-state index is 14.5. The Kier molecular flexibility index (Phi) is 10.7. The minimum Gasteiger partial charge on any atom is -0.487 e. The molecular formula is C38H31BrClIN2O4S. The molecule has 0 aliphatic carbocycles. The summed E-state index contributed by atoms with van der Waals surface area (Å²) in [4.78, 5) is 33.7. The van der Waals surface area contributed by atoms with Crippen LogP contribution >= 0.6 is 61.5 Å². The molecule has 0 bridgehead atoms. The van der Waals surface area contributed by atoms with E-state index in [0.717, 1.165) is 35.9 Å². The Morgan fingerprint density at radius 1 is 1.06 bits per heavy atom. The quantitative estimate of drug-likeness (QED) is 0.110. The maximum Gasteiger partial charge on any atom is 0.338 e. The van der Waals surface area contributed by atoms with Gasteiger partial charge in [-0.25, -0.2) is 9.79 Å². The average molecular weight is 854 g/mol. The van der Waals surface area contributed by atoms with Crippen LogP contribution in [0.3, 0.4) is 0 Å². The number of fused-ring (bicyclic) bond motifs is 1. The molecule has 244 valence electrons. The molecule has 0 saturated carbocycles. The van der Waals surface area contributed by atoms with E-state index in [4.69, 9.17) is 26.1 Å². The van der Waals surface area contributed by atoms with Crippen molar-refractivity contribution in [1.29, 1.82) is 0 Å². The van der Waals surface area contributed by atoms with Gasteiger partial charge in [-0.1, -0.05) is 119 Å². The second-order valence-electron chi connectivity index (χ2n) is 11.5. The first-order valence-electron chi connectivity index (χ1n) is 15.4. The van der Waals surface area contributed by atoms with E-state index in [2.05, 4.69) is 64.5 Å². The number of nitrogens with zero attached hydrogens (tertiary/aromatic N) is 2. The number of carbonyl (C=O) groups is 1. The number of thiazole rings is 1. The summed E-state index contributed by atoms with van der Waals surface area (Å²) in [5.74, 6) is 0.467. The molecule has 1 aliphatic heterocycles. The third kappa shape index (κ3) is 7.24. The minimum atomic E-state index is -0.748. The summed E-state index contributed by atoms with van der Waals surface area (Å²) in [6, 6.07) is 28.3. The number of hydrogen-bond donors (Lipinski definition) is 0. The summed E-state index contributed by atoms with van der Waals surface area (Å²) in [6.45, 7) is 6.55. The highest BCUT2D eigenvalue weighted by Gasteiger charge is 2.35. The van der Waals surface area contributed by atoms with Crippen molar-refractivity contribution in [3.05, 3.63) is 157 Å². The molecule has 0 spiro atoms. The van der Waals surface area contributed by atoms with Gasteiger partial charge in [0.1, 0.15) is 12.4 Å². The van der Waals surface area contributed by atoms with Crippen molar-refractivity contribution in [3.8, 4) is 5.75 Å². The van der Waals surface area contributed by atoms with Gasteiger partial charge in [0, 0.05) is 20.6 Å². The van der Waals surface area contributed by atoms with Crippen molar-refractivity contribution in [3.63, 3.8) is 0 Å². The van der Waals surface area contributed by atoms with Crippen molar-refractivity contribution in [2.24, 2.45) is 4.99 Å². The van der Waals surface area contributed by atoms with Crippen LogP contribution in [0.5, 0.6) is 5.75 Å². The molecule has 0 saturated heterocycles. The van der Waals surface area contributed by atoms with Gasteiger partial charge in [-0.05, 0) is 82.5 Å². The molecule has 48 heavy (non-hydrogen) atoms. The lowest BCUT2D eigenvalue weighted by atomic mass is 9.91. The van der Waals surface area contributed by atoms with Crippen LogP contribution in [0.15, 0.2) is 111 Å². The van der Waals surface area contributed by atoms with Crippen LogP contribution in [-0.2, 0) is 16.1 Å². The van der Waals surface area contributed by atoms with Gasteiger partial charge in [-0.15, -0.1) is 0 Å². The molecule has 1 atom stereocenters. The van der Waals surface area contributed by atoms with Gasteiger partial charge >= 0.3 is 5.97 Å². The van der Waals surface area contributed by atoms with Crippen molar-refractivity contribution in [2.45, 2.75) is 39.3 Å². The van der Waals surface area contributed by atoms with Crippen molar-refractivity contribution < 1.29 is 14.3 Å². The SMILES string of the molecule is CCOC(=O)C1=C(c2ccccc2)N=c2s/c(=C\c3cc(Br)cc(I)c3OCc3ccc(Cl)cc3)c(=O)n2[C@@H]1c1ccc(C(C)C)cc1. The Labute approximate surface area is 309 Å². The summed E-state index contributed by atoms with van der Waals surface area (Å²) in [5, 5.41) is 0.656. The van der Waals surface area contributed by atoms with Gasteiger partial charge in [0.25, 0.3) is 5.56 Å². The number of rotatable bonds is 9. The monoisotopic (exact) mass is 852 g/mol. The minimum absolute atomic E-state index is 0.189. The van der Waals surface area contributed by atoms with Crippen molar-refractivity contribution >= 4 is 79.2 Å². The normalized spacial score (nSPS) is 14.6. The lowest BCUT2D eigenvalue weighted by Crippen LogP contribution is -2.40. The first-order valence-corrected chi connectivity index (χ1v) is 18.5. The van der Waals surface area contributed by atoms with Gasteiger partial charge in [-0.2, -0.15) is 0 Å². The number of carbonyl (C=O) groups excluding carboxylic acids is 1. The van der Waals surface area contributed by atoms with E-state index in [0.29, 0.717) is 43.9 Å². The van der Waals surface area contributed by atoms with E-state index in [1.807, 2.05) is 84.9 Å². The molecule has 1 aromatic heterocycles. The summed E-state index contributed by atoms with van der Waals surface area (Å²) in [6.07, 6.45) is 1.84. The standard InChI is InChI=1S/C38H31BrClIN2O4S/c1-4-46-37(45)32-33(25-8-6-5-7-9-25)42-38-43(34(32)26-14-12-24(13-15-26)22(2)3)36(44)31(48-38)19-27-18-28(39)20-30(41)35(27)47-21-23-10-16-29(40)17-11-23/h5-20,22,34H,4,21H2,1-3H3/b31-19-/t34-/m1/s1. The van der Waals surface area contributed by atoms with E-state index in [1.54, 1.807) is 11.5 Å². The fraction of sp³-hybridized carbons (Fsp3) is 0.184. The third-order valence-corrected chi connectivity index (χ3v) is 10.4. The lowest BCUT2D eigenvalue weighted by Gasteiger charge is -2.26. The van der Waals surface area contributed by atoms with E-state index in [1.165, 1.54) is 11.3 Å². The second kappa shape index (κ2) is 14.9. The summed E-state index contributed by atoms with van der Waals surface area (Å²) >= 11 is 13.2. The zero-order chi connectivity index (χ0) is 33.9. The van der Waals surface area contributed by atoms with Crippen LogP contribution in [0, 0.1) is 3.57 Å². The van der Waals surface area contributed by atoms with Crippen molar-refractivity contribution in [1.82, 2.24) is 4.57 Å². The van der Waals surface area contributed by atoms with Crippen LogP contribution in [0.25, 0.3) is 11.8 Å².